The van der Waals surface area contributed by atoms with Crippen molar-refractivity contribution in [2.24, 2.45) is 0 Å². The first-order valence-corrected chi connectivity index (χ1v) is 9.86. The lowest BCUT2D eigenvalue weighted by atomic mass is 10.1. The number of ether oxygens (including phenoxy) is 1. The first-order valence-electron chi connectivity index (χ1n) is 7.65. The smallest absolute Gasteiger partial charge is 0.184 e. The van der Waals surface area contributed by atoms with Crippen LogP contribution in [0.15, 0.2) is 46.8 Å². The zero-order valence-corrected chi connectivity index (χ0v) is 16.5. The third-order valence-electron chi connectivity index (χ3n) is 3.67. The Labute approximate surface area is 163 Å². The second-order valence-corrected chi connectivity index (χ2v) is 8.24. The fourth-order valence-corrected chi connectivity index (χ4v) is 4.56. The minimum Gasteiger partial charge on any atom is -0.494 e. The number of nitrogens with zero attached hydrogens (tertiary/aromatic N) is 2. The van der Waals surface area contributed by atoms with Crippen LogP contribution in [0.1, 0.15) is 15.9 Å². The molecule has 4 nitrogen and oxygen atoms in total. The normalized spacial score (nSPS) is 10.7. The van der Waals surface area contributed by atoms with Gasteiger partial charge in [-0.2, -0.15) is 0 Å². The number of carbonyl (C=O) groups excluding carboxylic acids is 1. The van der Waals surface area contributed by atoms with E-state index in [9.17, 15) is 9.18 Å². The van der Waals surface area contributed by atoms with E-state index in [1.807, 2.05) is 31.2 Å². The third-order valence-corrected chi connectivity index (χ3v) is 6.04. The molecule has 0 saturated carbocycles. The molecule has 2 aromatic carbocycles. The van der Waals surface area contributed by atoms with E-state index in [2.05, 4.69) is 5.10 Å². The van der Waals surface area contributed by atoms with Crippen molar-refractivity contribution < 1.29 is 13.9 Å². The molecule has 0 aliphatic carbocycles. The number of rotatable bonds is 6. The number of hydrogen-bond acceptors (Lipinski definition) is 6. The number of para-hydroxylation sites is 1. The number of benzene rings is 2. The molecule has 0 radical (unpaired) electrons. The van der Waals surface area contributed by atoms with Gasteiger partial charge in [0.1, 0.15) is 0 Å². The van der Waals surface area contributed by atoms with Crippen LogP contribution in [-0.4, -0.2) is 28.4 Å². The van der Waals surface area contributed by atoms with Crippen molar-refractivity contribution in [1.82, 2.24) is 9.78 Å². The lowest BCUT2D eigenvalue weighted by Gasteiger charge is -2.04. The summed E-state index contributed by atoms with van der Waals surface area (Å²) in [6.45, 7) is 1.99. The van der Waals surface area contributed by atoms with Gasteiger partial charge in [-0.1, -0.05) is 41.3 Å². The molecule has 26 heavy (non-hydrogen) atoms. The number of aromatic nitrogens is 2. The Morgan fingerprint density at radius 3 is 2.81 bits per heavy atom. The van der Waals surface area contributed by atoms with Crippen LogP contribution < -0.4 is 4.74 Å². The van der Waals surface area contributed by atoms with E-state index < -0.39 is 5.82 Å². The van der Waals surface area contributed by atoms with E-state index in [4.69, 9.17) is 17.0 Å². The summed E-state index contributed by atoms with van der Waals surface area (Å²) in [5.74, 6) is -0.464. The standard InChI is InChI=1S/C18H15FN2O2S3/c1-11-5-3-4-6-14(11)21-18(24)26-17(20-21)25-10-15(22)12-7-8-16(23-2)13(19)9-12/h3-9H,10H2,1-2H3. The molecule has 0 N–H and O–H groups in total. The molecule has 3 aromatic rings. The Balaban J connectivity index is 1.74. The van der Waals surface area contributed by atoms with Crippen LogP contribution >= 0.6 is 35.3 Å². The van der Waals surface area contributed by atoms with Crippen molar-refractivity contribution >= 4 is 41.1 Å². The molecule has 0 atom stereocenters. The molecule has 0 saturated heterocycles. The SMILES string of the molecule is COc1ccc(C(=O)CSc2nn(-c3ccccc3C)c(=S)s2)cc1F. The van der Waals surface area contributed by atoms with Gasteiger partial charge in [-0.05, 0) is 49.0 Å². The molecule has 1 heterocycles. The summed E-state index contributed by atoms with van der Waals surface area (Å²) in [5.41, 5.74) is 2.29. The molecule has 0 amide bonds. The van der Waals surface area contributed by atoms with Crippen molar-refractivity contribution in [1.29, 1.82) is 0 Å². The van der Waals surface area contributed by atoms with Gasteiger partial charge in [-0.3, -0.25) is 4.79 Å². The molecule has 0 bridgehead atoms. The number of methoxy groups -OCH3 is 1. The highest BCUT2D eigenvalue weighted by atomic mass is 32.2. The van der Waals surface area contributed by atoms with Gasteiger partial charge in [0, 0.05) is 5.56 Å². The molecule has 8 heteroatoms. The molecule has 0 aliphatic heterocycles. The Bertz CT molecular complexity index is 1010. The maximum Gasteiger partial charge on any atom is 0.184 e. The number of ketones is 1. The highest BCUT2D eigenvalue weighted by molar-refractivity contribution is 8.01. The van der Waals surface area contributed by atoms with Crippen molar-refractivity contribution in [3.63, 3.8) is 0 Å². The maximum atomic E-state index is 13.7. The van der Waals surface area contributed by atoms with E-state index >= 15 is 0 Å². The van der Waals surface area contributed by atoms with Crippen LogP contribution in [-0.2, 0) is 0 Å². The number of carbonyl (C=O) groups is 1. The van der Waals surface area contributed by atoms with E-state index in [0.717, 1.165) is 11.3 Å². The number of thioether (sulfide) groups is 1. The molecule has 3 rings (SSSR count). The largest absolute Gasteiger partial charge is 0.494 e. The first-order chi connectivity index (χ1) is 12.5. The van der Waals surface area contributed by atoms with E-state index in [-0.39, 0.29) is 17.3 Å². The molecular weight excluding hydrogens is 391 g/mol. The maximum absolute atomic E-state index is 13.7. The number of aryl methyl sites for hydroxylation is 1. The number of hydrogen-bond donors (Lipinski definition) is 0. The van der Waals surface area contributed by atoms with Crippen molar-refractivity contribution in [2.75, 3.05) is 12.9 Å². The quantitative estimate of drug-likeness (QED) is 0.324. The summed E-state index contributed by atoms with van der Waals surface area (Å²) in [6, 6.07) is 12.0. The molecule has 134 valence electrons. The van der Waals surface area contributed by atoms with E-state index in [1.165, 1.54) is 42.3 Å². The van der Waals surface area contributed by atoms with Gasteiger partial charge in [0.2, 0.25) is 0 Å². The van der Waals surface area contributed by atoms with Gasteiger partial charge < -0.3 is 4.74 Å². The molecule has 0 unspecified atom stereocenters. The monoisotopic (exact) mass is 406 g/mol. The molecular formula is C18H15FN2O2S3. The molecule has 0 fully saturated rings. The first kappa shape index (κ1) is 18.8. The minimum absolute atomic E-state index is 0.115. The van der Waals surface area contributed by atoms with Gasteiger partial charge in [0.05, 0.1) is 18.6 Å². The summed E-state index contributed by atoms with van der Waals surface area (Å²) in [5, 5.41) is 4.50. The van der Waals surface area contributed by atoms with Gasteiger partial charge in [0.15, 0.2) is 25.6 Å². The lowest BCUT2D eigenvalue weighted by molar-refractivity contribution is 0.102. The fraction of sp³-hybridized carbons (Fsp3) is 0.167. The van der Waals surface area contributed by atoms with E-state index in [1.54, 1.807) is 10.7 Å². The molecule has 0 aliphatic rings. The lowest BCUT2D eigenvalue weighted by Crippen LogP contribution is -2.04. The Morgan fingerprint density at radius 2 is 2.12 bits per heavy atom. The van der Waals surface area contributed by atoms with Crippen LogP contribution in [0.4, 0.5) is 4.39 Å². The van der Waals surface area contributed by atoms with Crippen LogP contribution in [0.25, 0.3) is 5.69 Å². The van der Waals surface area contributed by atoms with Crippen LogP contribution in [0.3, 0.4) is 0 Å². The minimum atomic E-state index is -0.553. The fourth-order valence-electron chi connectivity index (χ4n) is 2.32. The third kappa shape index (κ3) is 4.03. The summed E-state index contributed by atoms with van der Waals surface area (Å²) < 4.78 is 21.6. The average Bonchev–Trinajstić information content (AvgIpc) is 3.00. The van der Waals surface area contributed by atoms with Gasteiger partial charge in [-0.15, -0.1) is 5.10 Å². The summed E-state index contributed by atoms with van der Waals surface area (Å²) >= 11 is 8.03. The van der Waals surface area contributed by atoms with Crippen molar-refractivity contribution in [3.8, 4) is 11.4 Å². The van der Waals surface area contributed by atoms with Gasteiger partial charge in [0.25, 0.3) is 0 Å². The highest BCUT2D eigenvalue weighted by Crippen LogP contribution is 2.26. The second kappa shape index (κ2) is 8.11. The van der Waals surface area contributed by atoms with Crippen molar-refractivity contribution in [3.05, 3.63) is 63.4 Å². The predicted molar refractivity (Wildman–Crippen MR) is 105 cm³/mol. The summed E-state index contributed by atoms with van der Waals surface area (Å²) in [7, 11) is 1.38. The van der Waals surface area contributed by atoms with Crippen LogP contribution in [0.5, 0.6) is 5.75 Å². The Kier molecular flexibility index (Phi) is 5.85. The van der Waals surface area contributed by atoms with Crippen molar-refractivity contribution in [2.45, 2.75) is 11.3 Å². The predicted octanol–water partition coefficient (Wildman–Crippen LogP) is 5.09. The summed E-state index contributed by atoms with van der Waals surface area (Å²) in [4.78, 5) is 12.3. The number of halogens is 1. The topological polar surface area (TPSA) is 44.1 Å². The van der Waals surface area contributed by atoms with Crippen LogP contribution in [0, 0.1) is 16.7 Å². The van der Waals surface area contributed by atoms with Gasteiger partial charge in [-0.25, -0.2) is 9.07 Å². The second-order valence-electron chi connectivity index (χ2n) is 5.39. The zero-order chi connectivity index (χ0) is 18.7. The Morgan fingerprint density at radius 1 is 1.35 bits per heavy atom. The zero-order valence-electron chi connectivity index (χ0n) is 14.1. The summed E-state index contributed by atoms with van der Waals surface area (Å²) in [6.07, 6.45) is 0. The molecule has 0 spiro atoms. The van der Waals surface area contributed by atoms with Gasteiger partial charge >= 0.3 is 0 Å². The van der Waals surface area contributed by atoms with E-state index in [0.29, 0.717) is 13.9 Å². The molecule has 1 aromatic heterocycles. The number of Topliss-reactive ketones (excluding diaryl/α,β-unsaturated/α-hetero) is 1. The van der Waals surface area contributed by atoms with Crippen LogP contribution in [0.2, 0.25) is 0 Å². The Hall–Kier alpha value is -2.03. The average molecular weight is 407 g/mol. The highest BCUT2D eigenvalue weighted by Gasteiger charge is 2.13.